The summed E-state index contributed by atoms with van der Waals surface area (Å²) in [5, 5.41) is 0.716. The molecule has 2 nitrogen and oxygen atoms in total. The number of rotatable bonds is 2. The van der Waals surface area contributed by atoms with E-state index in [1.165, 1.54) is 0 Å². The zero-order valence-corrected chi connectivity index (χ0v) is 11.3. The zero-order valence-electron chi connectivity index (χ0n) is 8.15. The second-order valence-corrected chi connectivity index (χ2v) is 5.47. The molecule has 0 atom stereocenters. The monoisotopic (exact) mass is 314 g/mol. The maximum atomic E-state index is 5.92. The van der Waals surface area contributed by atoms with E-state index in [1.54, 1.807) is 24.2 Å². The summed E-state index contributed by atoms with van der Waals surface area (Å²) < 4.78 is 0.887. The molecule has 5 heteroatoms. The number of hydrogen-bond acceptors (Lipinski definition) is 3. The van der Waals surface area contributed by atoms with Gasteiger partial charge in [0, 0.05) is 16.1 Å². The van der Waals surface area contributed by atoms with Gasteiger partial charge in [-0.05, 0) is 34.1 Å². The maximum Gasteiger partial charge on any atom is 0.0653 e. The molecule has 1 heterocycles. The van der Waals surface area contributed by atoms with Gasteiger partial charge in [-0.1, -0.05) is 29.4 Å². The summed E-state index contributed by atoms with van der Waals surface area (Å²) in [5.74, 6) is 0. The lowest BCUT2D eigenvalue weighted by molar-refractivity contribution is 1.24. The molecule has 0 aliphatic rings. The van der Waals surface area contributed by atoms with Crippen LogP contribution >= 0.6 is 39.3 Å². The first-order valence-corrected chi connectivity index (χ1v) is 6.48. The van der Waals surface area contributed by atoms with Crippen LogP contribution < -0.4 is 5.73 Å². The van der Waals surface area contributed by atoms with Crippen LogP contribution in [0.2, 0.25) is 5.02 Å². The molecule has 16 heavy (non-hydrogen) atoms. The number of nitrogen functional groups attached to an aromatic ring is 1. The van der Waals surface area contributed by atoms with Gasteiger partial charge in [0.15, 0.2) is 0 Å². The van der Waals surface area contributed by atoms with Crippen molar-refractivity contribution in [2.24, 2.45) is 0 Å². The van der Waals surface area contributed by atoms with E-state index in [9.17, 15) is 0 Å². The summed E-state index contributed by atoms with van der Waals surface area (Å²) >= 11 is 10.9. The van der Waals surface area contributed by atoms with Crippen molar-refractivity contribution in [2.75, 3.05) is 5.73 Å². The summed E-state index contributed by atoms with van der Waals surface area (Å²) in [6.07, 6.45) is 3.36. The second-order valence-electron chi connectivity index (χ2n) is 3.10. The van der Waals surface area contributed by atoms with Crippen LogP contribution in [-0.4, -0.2) is 4.98 Å². The van der Waals surface area contributed by atoms with E-state index < -0.39 is 0 Å². The first-order chi connectivity index (χ1) is 7.66. The highest BCUT2D eigenvalue weighted by Crippen LogP contribution is 2.37. The van der Waals surface area contributed by atoms with E-state index in [2.05, 4.69) is 20.9 Å². The summed E-state index contributed by atoms with van der Waals surface area (Å²) in [6, 6.07) is 7.65. The van der Waals surface area contributed by atoms with Crippen LogP contribution in [0.4, 0.5) is 5.69 Å². The number of nitrogens with two attached hydrogens (primary N) is 1. The molecule has 0 amide bonds. The molecule has 1 aromatic carbocycles. The fraction of sp³-hybridized carbons (Fsp3) is 0. The van der Waals surface area contributed by atoms with Crippen molar-refractivity contribution in [3.8, 4) is 0 Å². The van der Waals surface area contributed by atoms with E-state index >= 15 is 0 Å². The average molecular weight is 316 g/mol. The molecule has 82 valence electrons. The number of pyridine rings is 1. The molecular weight excluding hydrogens is 308 g/mol. The van der Waals surface area contributed by atoms with Crippen molar-refractivity contribution in [3.63, 3.8) is 0 Å². The highest BCUT2D eigenvalue weighted by molar-refractivity contribution is 9.10. The smallest absolute Gasteiger partial charge is 0.0653 e. The molecule has 0 radical (unpaired) electrons. The van der Waals surface area contributed by atoms with E-state index in [0.29, 0.717) is 10.7 Å². The van der Waals surface area contributed by atoms with Crippen LogP contribution in [0.3, 0.4) is 0 Å². The Labute approximate surface area is 111 Å². The Morgan fingerprint density at radius 1 is 1.31 bits per heavy atom. The molecule has 2 N–H and O–H groups in total. The van der Waals surface area contributed by atoms with Gasteiger partial charge in [-0.2, -0.15) is 0 Å². The number of halogens is 2. The van der Waals surface area contributed by atoms with Crippen molar-refractivity contribution in [1.82, 2.24) is 4.98 Å². The van der Waals surface area contributed by atoms with Crippen LogP contribution in [0.1, 0.15) is 0 Å². The van der Waals surface area contributed by atoms with Gasteiger partial charge in [-0.3, -0.25) is 4.98 Å². The zero-order chi connectivity index (χ0) is 11.5. The number of aromatic nitrogens is 1. The third-order valence-corrected chi connectivity index (χ3v) is 4.14. The summed E-state index contributed by atoms with van der Waals surface area (Å²) in [4.78, 5) is 6.00. The highest BCUT2D eigenvalue weighted by atomic mass is 79.9. The van der Waals surface area contributed by atoms with Gasteiger partial charge in [0.2, 0.25) is 0 Å². The number of nitrogens with zero attached hydrogens (tertiary/aromatic N) is 1. The van der Waals surface area contributed by atoms with Gasteiger partial charge in [0.25, 0.3) is 0 Å². The fourth-order valence-electron chi connectivity index (χ4n) is 1.19. The van der Waals surface area contributed by atoms with Gasteiger partial charge < -0.3 is 5.73 Å². The fourth-order valence-corrected chi connectivity index (χ4v) is 2.93. The van der Waals surface area contributed by atoms with Crippen molar-refractivity contribution < 1.29 is 0 Å². The Morgan fingerprint density at radius 3 is 2.81 bits per heavy atom. The molecule has 2 rings (SSSR count). The maximum absolute atomic E-state index is 5.92. The van der Waals surface area contributed by atoms with Gasteiger partial charge in [0.05, 0.1) is 21.3 Å². The Morgan fingerprint density at radius 2 is 2.12 bits per heavy atom. The lowest BCUT2D eigenvalue weighted by Gasteiger charge is -2.07. The average Bonchev–Trinajstić information content (AvgIpc) is 2.24. The third-order valence-electron chi connectivity index (χ3n) is 1.90. The number of hydrogen-bond donors (Lipinski definition) is 1. The molecular formula is C11H8BrClN2S. The summed E-state index contributed by atoms with van der Waals surface area (Å²) in [5.41, 5.74) is 6.51. The van der Waals surface area contributed by atoms with Crippen molar-refractivity contribution in [3.05, 3.63) is 46.2 Å². The minimum atomic E-state index is 0.652. The Hall–Kier alpha value is -0.710. The normalized spacial score (nSPS) is 10.4. The standard InChI is InChI=1S/C11H8BrClN2S/c12-9-5-15-6-10(14)11(9)16-8-3-1-2-7(13)4-8/h1-6H,14H2. The van der Waals surface area contributed by atoms with Gasteiger partial charge >= 0.3 is 0 Å². The lowest BCUT2D eigenvalue weighted by Crippen LogP contribution is -1.90. The second kappa shape index (κ2) is 5.08. The van der Waals surface area contributed by atoms with Gasteiger partial charge in [-0.25, -0.2) is 0 Å². The van der Waals surface area contributed by atoms with Crippen LogP contribution in [0.15, 0.2) is 50.9 Å². The summed E-state index contributed by atoms with van der Waals surface area (Å²) in [6.45, 7) is 0. The molecule has 0 saturated heterocycles. The largest absolute Gasteiger partial charge is 0.397 e. The first-order valence-electron chi connectivity index (χ1n) is 4.49. The molecule has 0 bridgehead atoms. The van der Waals surface area contributed by atoms with Crippen LogP contribution in [-0.2, 0) is 0 Å². The molecule has 0 aliphatic heterocycles. The number of benzene rings is 1. The molecule has 0 saturated carbocycles. The number of anilines is 1. The van der Waals surface area contributed by atoms with Crippen molar-refractivity contribution in [1.29, 1.82) is 0 Å². The van der Waals surface area contributed by atoms with Gasteiger partial charge in [0.1, 0.15) is 0 Å². The van der Waals surface area contributed by atoms with Crippen LogP contribution in [0.5, 0.6) is 0 Å². The van der Waals surface area contributed by atoms with E-state index in [4.69, 9.17) is 17.3 Å². The van der Waals surface area contributed by atoms with Crippen molar-refractivity contribution >= 4 is 45.0 Å². The quantitative estimate of drug-likeness (QED) is 0.901. The molecule has 0 unspecified atom stereocenters. The third kappa shape index (κ3) is 2.70. The molecule has 0 aliphatic carbocycles. The topological polar surface area (TPSA) is 38.9 Å². The first kappa shape index (κ1) is 11.8. The highest BCUT2D eigenvalue weighted by Gasteiger charge is 2.07. The van der Waals surface area contributed by atoms with E-state index in [1.807, 2.05) is 24.3 Å². The molecule has 2 aromatic rings. The van der Waals surface area contributed by atoms with E-state index in [-0.39, 0.29) is 0 Å². The SMILES string of the molecule is Nc1cncc(Br)c1Sc1cccc(Cl)c1. The van der Waals surface area contributed by atoms with Crippen LogP contribution in [0.25, 0.3) is 0 Å². The predicted molar refractivity (Wildman–Crippen MR) is 71.9 cm³/mol. The Kier molecular flexibility index (Phi) is 3.74. The summed E-state index contributed by atoms with van der Waals surface area (Å²) in [7, 11) is 0. The molecule has 0 fully saturated rings. The minimum absolute atomic E-state index is 0.652. The van der Waals surface area contributed by atoms with Gasteiger partial charge in [-0.15, -0.1) is 0 Å². The lowest BCUT2D eigenvalue weighted by atomic mass is 10.4. The van der Waals surface area contributed by atoms with E-state index in [0.717, 1.165) is 14.3 Å². The predicted octanol–water partition coefficient (Wildman–Crippen LogP) is 4.23. The molecule has 1 aromatic heterocycles. The Bertz CT molecular complexity index is 499. The van der Waals surface area contributed by atoms with Crippen molar-refractivity contribution in [2.45, 2.75) is 9.79 Å². The van der Waals surface area contributed by atoms with Crippen LogP contribution in [0, 0.1) is 0 Å². The Balaban J connectivity index is 2.34. The minimum Gasteiger partial charge on any atom is -0.397 e. The molecule has 0 spiro atoms.